The van der Waals surface area contributed by atoms with Crippen molar-refractivity contribution in [1.82, 2.24) is 0 Å². The molecule has 1 unspecified atom stereocenters. The van der Waals surface area contributed by atoms with E-state index in [4.69, 9.17) is 4.74 Å². The summed E-state index contributed by atoms with van der Waals surface area (Å²) in [6, 6.07) is 9.27. The molecular weight excluding hydrogens is 319 g/mol. The molecule has 0 radical (unpaired) electrons. The maximum atomic E-state index is 13.3. The smallest absolute Gasteiger partial charge is 0.319 e. The van der Waals surface area contributed by atoms with Crippen molar-refractivity contribution in [3.05, 3.63) is 64.0 Å². The molecule has 1 heterocycles. The maximum absolute atomic E-state index is 13.3. The second-order valence-electron chi connectivity index (χ2n) is 5.18. The number of nitro benzene ring substituents is 1. The number of esters is 1. The first kappa shape index (κ1) is 15.6. The van der Waals surface area contributed by atoms with Gasteiger partial charge in [0.2, 0.25) is 11.7 Å². The van der Waals surface area contributed by atoms with E-state index < -0.39 is 34.1 Å². The van der Waals surface area contributed by atoms with E-state index in [0.717, 1.165) is 18.2 Å². The Morgan fingerprint density at radius 1 is 1.29 bits per heavy atom. The van der Waals surface area contributed by atoms with Crippen LogP contribution < -0.4 is 10.1 Å². The minimum Gasteiger partial charge on any atom is -0.419 e. The molecule has 8 heteroatoms. The second-order valence-corrected chi connectivity index (χ2v) is 5.18. The number of hydrogen-bond acceptors (Lipinski definition) is 5. The summed E-state index contributed by atoms with van der Waals surface area (Å²) in [7, 11) is 0. The highest BCUT2D eigenvalue weighted by Crippen LogP contribution is 2.35. The van der Waals surface area contributed by atoms with E-state index in [2.05, 4.69) is 5.32 Å². The van der Waals surface area contributed by atoms with Crippen molar-refractivity contribution < 1.29 is 23.6 Å². The summed E-state index contributed by atoms with van der Waals surface area (Å²) < 4.78 is 18.4. The molecule has 0 spiro atoms. The molecule has 7 nitrogen and oxygen atoms in total. The molecule has 1 aliphatic rings. The van der Waals surface area contributed by atoms with Gasteiger partial charge >= 0.3 is 11.7 Å². The Balaban J connectivity index is 1.93. The van der Waals surface area contributed by atoms with Crippen LogP contribution in [0.3, 0.4) is 0 Å². The van der Waals surface area contributed by atoms with Gasteiger partial charge in [0, 0.05) is 24.2 Å². The number of hydrogen-bond donors (Lipinski definition) is 1. The molecule has 1 amide bonds. The van der Waals surface area contributed by atoms with Crippen LogP contribution in [0.2, 0.25) is 0 Å². The van der Waals surface area contributed by atoms with E-state index in [1.807, 2.05) is 0 Å². The fourth-order valence-electron chi connectivity index (χ4n) is 2.52. The van der Waals surface area contributed by atoms with Gasteiger partial charge in [-0.1, -0.05) is 18.2 Å². The molecule has 1 atom stereocenters. The minimum absolute atomic E-state index is 0.154. The van der Waals surface area contributed by atoms with Gasteiger partial charge in [-0.2, -0.15) is 0 Å². The molecule has 0 fully saturated rings. The quantitative estimate of drug-likeness (QED) is 0.404. The Bertz CT molecular complexity index is 852. The molecule has 0 bridgehead atoms. The minimum atomic E-state index is -0.919. The molecule has 0 saturated carbocycles. The van der Waals surface area contributed by atoms with Crippen LogP contribution in [0.4, 0.5) is 15.8 Å². The highest BCUT2D eigenvalue weighted by molar-refractivity contribution is 6.00. The molecule has 1 aliphatic heterocycles. The van der Waals surface area contributed by atoms with Crippen molar-refractivity contribution in [2.75, 3.05) is 5.32 Å². The number of carbonyl (C=O) groups excluding carboxylic acids is 2. The van der Waals surface area contributed by atoms with E-state index in [0.29, 0.717) is 11.3 Å². The summed E-state index contributed by atoms with van der Waals surface area (Å²) in [5.74, 6) is -3.41. The van der Waals surface area contributed by atoms with Gasteiger partial charge in [-0.25, -0.2) is 4.39 Å². The number of para-hydroxylation sites is 1. The zero-order chi connectivity index (χ0) is 17.3. The standard InChI is InChI=1S/C16H11FN2O5/c17-9-5-6-13(19(22)23)14(7-9)24-16(21)11-8-15(20)18-12-4-2-1-3-10(11)12/h1-7,11H,8H2,(H,18,20). The van der Waals surface area contributed by atoms with Crippen molar-refractivity contribution in [3.63, 3.8) is 0 Å². The first-order valence-electron chi connectivity index (χ1n) is 7.00. The number of anilines is 1. The van der Waals surface area contributed by atoms with Gasteiger partial charge < -0.3 is 10.1 Å². The molecule has 2 aromatic carbocycles. The van der Waals surface area contributed by atoms with Crippen LogP contribution in [0.1, 0.15) is 17.9 Å². The monoisotopic (exact) mass is 330 g/mol. The molecule has 1 N–H and O–H groups in total. The van der Waals surface area contributed by atoms with Crippen LogP contribution in [-0.2, 0) is 9.59 Å². The average molecular weight is 330 g/mol. The second kappa shape index (κ2) is 6.07. The van der Waals surface area contributed by atoms with Crippen molar-refractivity contribution in [3.8, 4) is 5.75 Å². The first-order valence-corrected chi connectivity index (χ1v) is 7.00. The van der Waals surface area contributed by atoms with Crippen molar-refractivity contribution in [2.45, 2.75) is 12.3 Å². The van der Waals surface area contributed by atoms with Crippen molar-refractivity contribution >= 4 is 23.3 Å². The predicted octanol–water partition coefficient (Wildman–Crippen LogP) is 2.77. The van der Waals surface area contributed by atoms with E-state index >= 15 is 0 Å². The van der Waals surface area contributed by atoms with Crippen LogP contribution in [0, 0.1) is 15.9 Å². The summed E-state index contributed by atoms with van der Waals surface area (Å²) in [5, 5.41) is 13.6. The molecule has 122 valence electrons. The van der Waals surface area contributed by atoms with Gasteiger partial charge in [0.1, 0.15) is 5.82 Å². The lowest BCUT2D eigenvalue weighted by atomic mass is 9.91. The zero-order valence-corrected chi connectivity index (χ0v) is 12.2. The number of rotatable bonds is 3. The van der Waals surface area contributed by atoms with Gasteiger partial charge in [-0.3, -0.25) is 19.7 Å². The number of ether oxygens (including phenoxy) is 1. The highest BCUT2D eigenvalue weighted by atomic mass is 19.1. The summed E-state index contributed by atoms with van der Waals surface area (Å²) in [4.78, 5) is 34.3. The Hall–Kier alpha value is -3.29. The van der Waals surface area contributed by atoms with E-state index in [1.165, 1.54) is 0 Å². The predicted molar refractivity (Wildman–Crippen MR) is 81.1 cm³/mol. The normalized spacial score (nSPS) is 16.0. The Labute approximate surface area is 135 Å². The Morgan fingerprint density at radius 2 is 2.04 bits per heavy atom. The fraction of sp³-hybridized carbons (Fsp3) is 0.125. The zero-order valence-electron chi connectivity index (χ0n) is 12.2. The van der Waals surface area contributed by atoms with E-state index in [1.54, 1.807) is 24.3 Å². The number of carbonyl (C=O) groups is 2. The lowest BCUT2D eigenvalue weighted by Crippen LogP contribution is -2.29. The highest BCUT2D eigenvalue weighted by Gasteiger charge is 2.33. The maximum Gasteiger partial charge on any atom is 0.319 e. The number of halogens is 1. The van der Waals surface area contributed by atoms with Gasteiger partial charge in [0.05, 0.1) is 10.8 Å². The lowest BCUT2D eigenvalue weighted by molar-refractivity contribution is -0.385. The Kier molecular flexibility index (Phi) is 3.95. The first-order chi connectivity index (χ1) is 11.5. The van der Waals surface area contributed by atoms with E-state index in [9.17, 15) is 24.1 Å². The fourth-order valence-corrected chi connectivity index (χ4v) is 2.52. The molecular formula is C16H11FN2O5. The van der Waals surface area contributed by atoms with Crippen LogP contribution in [0.5, 0.6) is 5.75 Å². The Morgan fingerprint density at radius 3 is 2.79 bits per heavy atom. The van der Waals surface area contributed by atoms with Gasteiger partial charge in [-0.15, -0.1) is 0 Å². The van der Waals surface area contributed by atoms with Crippen LogP contribution in [0.15, 0.2) is 42.5 Å². The number of nitrogens with zero attached hydrogens (tertiary/aromatic N) is 1. The third kappa shape index (κ3) is 2.94. The summed E-state index contributed by atoms with van der Waals surface area (Å²) in [5.41, 5.74) is 0.490. The molecule has 3 rings (SSSR count). The van der Waals surface area contributed by atoms with Gasteiger partial charge in [0.15, 0.2) is 0 Å². The molecule has 0 aliphatic carbocycles. The number of benzene rings is 2. The molecule has 2 aromatic rings. The topological polar surface area (TPSA) is 98.5 Å². The average Bonchev–Trinajstić information content (AvgIpc) is 2.53. The SMILES string of the molecule is O=C1CC(C(=O)Oc2cc(F)ccc2[N+](=O)[O-])c2ccccc2N1. The third-order valence-electron chi connectivity index (χ3n) is 3.61. The number of nitro groups is 1. The lowest BCUT2D eigenvalue weighted by Gasteiger charge is -2.23. The largest absolute Gasteiger partial charge is 0.419 e. The van der Waals surface area contributed by atoms with Crippen molar-refractivity contribution in [1.29, 1.82) is 0 Å². The third-order valence-corrected chi connectivity index (χ3v) is 3.61. The van der Waals surface area contributed by atoms with Crippen LogP contribution >= 0.6 is 0 Å². The van der Waals surface area contributed by atoms with Gasteiger partial charge in [0.25, 0.3) is 0 Å². The summed E-state index contributed by atoms with van der Waals surface area (Å²) in [6.45, 7) is 0. The summed E-state index contributed by atoms with van der Waals surface area (Å²) >= 11 is 0. The van der Waals surface area contributed by atoms with Gasteiger partial charge in [-0.05, 0) is 17.7 Å². The van der Waals surface area contributed by atoms with Crippen LogP contribution in [-0.4, -0.2) is 16.8 Å². The molecule has 0 aromatic heterocycles. The summed E-state index contributed by atoms with van der Waals surface area (Å²) in [6.07, 6.45) is -0.154. The number of nitrogens with one attached hydrogen (secondary N) is 1. The molecule has 24 heavy (non-hydrogen) atoms. The number of fused-ring (bicyclic) bond motifs is 1. The van der Waals surface area contributed by atoms with Crippen LogP contribution in [0.25, 0.3) is 0 Å². The number of amides is 1. The van der Waals surface area contributed by atoms with Crippen molar-refractivity contribution in [2.24, 2.45) is 0 Å². The van der Waals surface area contributed by atoms with E-state index in [-0.39, 0.29) is 12.3 Å². The molecule has 0 saturated heterocycles.